The summed E-state index contributed by atoms with van der Waals surface area (Å²) in [6, 6.07) is 24.1. The number of benzene rings is 3. The molecule has 0 radical (unpaired) electrons. The summed E-state index contributed by atoms with van der Waals surface area (Å²) in [5.74, 6) is -1.31. The van der Waals surface area contributed by atoms with Crippen molar-refractivity contribution in [1.29, 1.82) is 0 Å². The zero-order chi connectivity index (χ0) is 28.3. The summed E-state index contributed by atoms with van der Waals surface area (Å²) < 4.78 is 5.43. The van der Waals surface area contributed by atoms with Crippen molar-refractivity contribution in [3.8, 4) is 5.75 Å². The average molecular weight is 542 g/mol. The SMILES string of the molecule is COc1cccc(C(=O)[C@H]2[C@@H](C(=O)c3ccncc3)[C@]3(C(=O)Nc4ccccc43)[C@H]3C=C(C)c4ccccc4N23)c1. The highest BCUT2D eigenvalue weighted by Crippen LogP contribution is 2.58. The van der Waals surface area contributed by atoms with Crippen LogP contribution in [0.15, 0.2) is 103 Å². The van der Waals surface area contributed by atoms with Crippen LogP contribution in [-0.4, -0.2) is 41.7 Å². The Morgan fingerprint density at radius 2 is 1.66 bits per heavy atom. The Kier molecular flexibility index (Phi) is 5.64. The van der Waals surface area contributed by atoms with Gasteiger partial charge in [-0.3, -0.25) is 19.4 Å². The van der Waals surface area contributed by atoms with Gasteiger partial charge >= 0.3 is 0 Å². The molecule has 3 aliphatic heterocycles. The maximum Gasteiger partial charge on any atom is 0.238 e. The molecule has 0 aliphatic carbocycles. The summed E-state index contributed by atoms with van der Waals surface area (Å²) >= 11 is 0. The molecule has 1 fully saturated rings. The predicted molar refractivity (Wildman–Crippen MR) is 156 cm³/mol. The van der Waals surface area contributed by atoms with Gasteiger partial charge in [0.05, 0.1) is 19.1 Å². The van der Waals surface area contributed by atoms with Crippen molar-refractivity contribution in [2.75, 3.05) is 17.3 Å². The van der Waals surface area contributed by atoms with Crippen molar-refractivity contribution in [2.24, 2.45) is 5.92 Å². The second-order valence-electron chi connectivity index (χ2n) is 10.7. The number of fused-ring (bicyclic) bond motifs is 6. The number of nitrogens with one attached hydrogen (secondary N) is 1. The third-order valence-corrected chi connectivity index (χ3v) is 8.75. The van der Waals surface area contributed by atoms with E-state index in [0.717, 1.165) is 22.4 Å². The van der Waals surface area contributed by atoms with Gasteiger partial charge in [-0.15, -0.1) is 0 Å². The molecule has 3 aromatic carbocycles. The van der Waals surface area contributed by atoms with E-state index in [1.165, 1.54) is 0 Å². The van der Waals surface area contributed by atoms with E-state index in [1.54, 1.807) is 55.9 Å². The number of methoxy groups -OCH3 is 1. The first-order valence-corrected chi connectivity index (χ1v) is 13.6. The topological polar surface area (TPSA) is 88.6 Å². The first-order chi connectivity index (χ1) is 20.0. The molecule has 202 valence electrons. The third-order valence-electron chi connectivity index (χ3n) is 8.75. The summed E-state index contributed by atoms with van der Waals surface area (Å²) in [5, 5.41) is 3.07. The van der Waals surface area contributed by atoms with Crippen molar-refractivity contribution >= 4 is 34.4 Å². The highest BCUT2D eigenvalue weighted by atomic mass is 16.5. The highest BCUT2D eigenvalue weighted by molar-refractivity contribution is 6.18. The minimum atomic E-state index is -1.36. The normalized spacial score (nSPS) is 23.8. The van der Waals surface area contributed by atoms with E-state index in [2.05, 4.69) is 16.4 Å². The lowest BCUT2D eigenvalue weighted by molar-refractivity contribution is -0.121. The van der Waals surface area contributed by atoms with E-state index in [0.29, 0.717) is 22.6 Å². The molecule has 4 aromatic rings. The van der Waals surface area contributed by atoms with Crippen LogP contribution >= 0.6 is 0 Å². The summed E-state index contributed by atoms with van der Waals surface area (Å²) in [4.78, 5) is 50.0. The molecule has 1 saturated heterocycles. The number of anilines is 2. The number of pyridine rings is 1. The van der Waals surface area contributed by atoms with Crippen molar-refractivity contribution in [2.45, 2.75) is 24.4 Å². The predicted octanol–water partition coefficient (Wildman–Crippen LogP) is 5.34. The molecule has 7 nitrogen and oxygen atoms in total. The maximum atomic E-state index is 14.8. The van der Waals surface area contributed by atoms with Crippen LogP contribution < -0.4 is 15.0 Å². The number of allylic oxidation sites excluding steroid dienone is 1. The van der Waals surface area contributed by atoms with Gasteiger partial charge in [0.1, 0.15) is 17.2 Å². The number of rotatable bonds is 5. The zero-order valence-corrected chi connectivity index (χ0v) is 22.6. The summed E-state index contributed by atoms with van der Waals surface area (Å²) in [6.07, 6.45) is 5.17. The lowest BCUT2D eigenvalue weighted by Gasteiger charge is -2.39. The monoisotopic (exact) mass is 541 g/mol. The fourth-order valence-electron chi connectivity index (χ4n) is 7.03. The second-order valence-corrected chi connectivity index (χ2v) is 10.7. The minimum Gasteiger partial charge on any atom is -0.497 e. The molecule has 41 heavy (non-hydrogen) atoms. The van der Waals surface area contributed by atoms with Gasteiger partial charge in [-0.05, 0) is 54.5 Å². The number of nitrogens with zero attached hydrogens (tertiary/aromatic N) is 2. The van der Waals surface area contributed by atoms with Crippen LogP contribution in [0.2, 0.25) is 0 Å². The smallest absolute Gasteiger partial charge is 0.238 e. The van der Waals surface area contributed by atoms with Gasteiger partial charge in [0.25, 0.3) is 0 Å². The van der Waals surface area contributed by atoms with Crippen LogP contribution in [0.3, 0.4) is 0 Å². The molecule has 4 atom stereocenters. The standard InChI is InChI=1S/C34H27N3O4/c1-20-18-28-34(25-11-4-5-12-26(25)36-33(34)40)29(31(38)21-14-16-35-17-15-21)30(37(28)27-13-6-3-10-24(20)27)32(39)22-8-7-9-23(19-22)41-2/h3-19,28-30H,1-2H3,(H,36,40)/t28-,29+,30-,34-/m1/s1. The van der Waals surface area contributed by atoms with Crippen molar-refractivity contribution < 1.29 is 19.1 Å². The molecule has 4 heterocycles. The summed E-state index contributed by atoms with van der Waals surface area (Å²) in [7, 11) is 1.55. The first-order valence-electron chi connectivity index (χ1n) is 13.6. The number of hydrogen-bond acceptors (Lipinski definition) is 6. The molecule has 7 rings (SSSR count). The van der Waals surface area contributed by atoms with Crippen molar-refractivity contribution in [3.63, 3.8) is 0 Å². The molecule has 1 amide bonds. The Labute approximate surface area is 237 Å². The minimum absolute atomic E-state index is 0.252. The quantitative estimate of drug-likeness (QED) is 0.344. The van der Waals surface area contributed by atoms with Gasteiger partial charge in [0.15, 0.2) is 11.6 Å². The van der Waals surface area contributed by atoms with Gasteiger partial charge in [-0.25, -0.2) is 0 Å². The Morgan fingerprint density at radius 1 is 0.902 bits per heavy atom. The molecule has 1 aromatic heterocycles. The number of aromatic nitrogens is 1. The number of ether oxygens (including phenoxy) is 1. The van der Waals surface area contributed by atoms with Gasteiger partial charge < -0.3 is 15.0 Å². The van der Waals surface area contributed by atoms with Crippen LogP contribution in [0.5, 0.6) is 5.75 Å². The number of carbonyl (C=O) groups excluding carboxylic acids is 3. The summed E-state index contributed by atoms with van der Waals surface area (Å²) in [5.41, 5.74) is 3.60. The average Bonchev–Trinajstić information content (AvgIpc) is 3.49. The van der Waals surface area contributed by atoms with E-state index >= 15 is 0 Å². The molecule has 1 spiro atoms. The Morgan fingerprint density at radius 3 is 2.46 bits per heavy atom. The highest BCUT2D eigenvalue weighted by Gasteiger charge is 2.70. The van der Waals surface area contributed by atoms with E-state index in [-0.39, 0.29) is 17.5 Å². The van der Waals surface area contributed by atoms with Crippen LogP contribution in [0, 0.1) is 5.92 Å². The molecule has 0 unspecified atom stereocenters. The van der Waals surface area contributed by atoms with Gasteiger partial charge in [0.2, 0.25) is 5.91 Å². The molecule has 0 saturated carbocycles. The number of para-hydroxylation sites is 2. The van der Waals surface area contributed by atoms with Gasteiger partial charge in [-0.2, -0.15) is 0 Å². The van der Waals surface area contributed by atoms with E-state index in [1.807, 2.05) is 60.4 Å². The lowest BCUT2D eigenvalue weighted by atomic mass is 9.64. The van der Waals surface area contributed by atoms with Gasteiger partial charge in [-0.1, -0.05) is 54.6 Å². The Bertz CT molecular complexity index is 1760. The molecule has 1 N–H and O–H groups in total. The molecule has 3 aliphatic rings. The van der Waals surface area contributed by atoms with Crippen LogP contribution in [-0.2, 0) is 10.2 Å². The lowest BCUT2D eigenvalue weighted by Crippen LogP contribution is -2.51. The van der Waals surface area contributed by atoms with Crippen molar-refractivity contribution in [1.82, 2.24) is 4.98 Å². The molecular formula is C34H27N3O4. The zero-order valence-electron chi connectivity index (χ0n) is 22.6. The Balaban J connectivity index is 1.55. The maximum absolute atomic E-state index is 14.8. The van der Waals surface area contributed by atoms with E-state index in [4.69, 9.17) is 4.74 Å². The number of ketones is 2. The Hall–Kier alpha value is -5.04. The fraction of sp³-hybridized carbons (Fsp3) is 0.176. The van der Waals surface area contributed by atoms with E-state index in [9.17, 15) is 14.4 Å². The second kappa shape index (κ2) is 9.27. The molecule has 0 bridgehead atoms. The van der Waals surface area contributed by atoms with Crippen LogP contribution in [0.4, 0.5) is 11.4 Å². The third kappa shape index (κ3) is 3.45. The summed E-state index contributed by atoms with van der Waals surface area (Å²) in [6.45, 7) is 2.01. The first kappa shape index (κ1) is 25.0. The number of hydrogen-bond donors (Lipinski definition) is 1. The fourth-order valence-corrected chi connectivity index (χ4v) is 7.03. The van der Waals surface area contributed by atoms with Gasteiger partial charge in [0, 0.05) is 40.5 Å². The van der Waals surface area contributed by atoms with Crippen molar-refractivity contribution in [3.05, 3.63) is 126 Å². The van der Waals surface area contributed by atoms with E-state index < -0.39 is 23.4 Å². The number of carbonyl (C=O) groups is 3. The number of Topliss-reactive ketones (excluding diaryl/α,β-unsaturated/α-hetero) is 2. The van der Waals surface area contributed by atoms with Crippen LogP contribution in [0.25, 0.3) is 5.57 Å². The largest absolute Gasteiger partial charge is 0.497 e. The molecule has 7 heteroatoms. The van der Waals surface area contributed by atoms with Crippen LogP contribution in [0.1, 0.15) is 38.8 Å². The number of amides is 1. The molecular weight excluding hydrogens is 514 g/mol.